The Morgan fingerprint density at radius 3 is 2.62 bits per heavy atom. The summed E-state index contributed by atoms with van der Waals surface area (Å²) in [4.78, 5) is 14.6. The summed E-state index contributed by atoms with van der Waals surface area (Å²) in [6, 6.07) is 11.4. The minimum atomic E-state index is 0.202. The fourth-order valence-electron chi connectivity index (χ4n) is 2.09. The SMILES string of the molecule is CN(c1ccc(OP)cc1)c1nc(N)nc2ncccc12. The quantitative estimate of drug-likeness (QED) is 0.749. The van der Waals surface area contributed by atoms with Crippen LogP contribution in [0.4, 0.5) is 17.5 Å². The van der Waals surface area contributed by atoms with E-state index in [0.717, 1.165) is 16.8 Å². The van der Waals surface area contributed by atoms with Crippen molar-refractivity contribution < 1.29 is 4.52 Å². The molecule has 21 heavy (non-hydrogen) atoms. The zero-order valence-electron chi connectivity index (χ0n) is 11.4. The van der Waals surface area contributed by atoms with Crippen molar-refractivity contribution in [3.63, 3.8) is 0 Å². The molecule has 0 radical (unpaired) electrons. The number of benzene rings is 1. The second-order valence-corrected chi connectivity index (χ2v) is 4.69. The van der Waals surface area contributed by atoms with E-state index in [2.05, 4.69) is 24.4 Å². The Balaban J connectivity index is 2.09. The molecule has 7 heteroatoms. The molecule has 0 spiro atoms. The van der Waals surface area contributed by atoms with Crippen LogP contribution in [0.5, 0.6) is 5.75 Å². The first-order chi connectivity index (χ1) is 10.2. The van der Waals surface area contributed by atoms with E-state index in [1.54, 1.807) is 6.20 Å². The molecular weight excluding hydrogens is 285 g/mol. The molecule has 0 amide bonds. The number of aromatic nitrogens is 3. The van der Waals surface area contributed by atoms with Gasteiger partial charge in [0, 0.05) is 18.9 Å². The van der Waals surface area contributed by atoms with Crippen LogP contribution in [0.3, 0.4) is 0 Å². The van der Waals surface area contributed by atoms with E-state index >= 15 is 0 Å². The number of hydrogen-bond donors (Lipinski definition) is 1. The van der Waals surface area contributed by atoms with Gasteiger partial charge < -0.3 is 15.2 Å². The predicted molar refractivity (Wildman–Crippen MR) is 86.6 cm³/mol. The van der Waals surface area contributed by atoms with E-state index in [-0.39, 0.29) is 5.95 Å². The van der Waals surface area contributed by atoms with Crippen molar-refractivity contribution in [3.05, 3.63) is 42.6 Å². The predicted octanol–water partition coefficient (Wildman–Crippen LogP) is 2.54. The number of nitrogens with two attached hydrogens (primary N) is 1. The van der Waals surface area contributed by atoms with E-state index in [9.17, 15) is 0 Å². The molecule has 3 aromatic rings. The first kappa shape index (κ1) is 13.5. The van der Waals surface area contributed by atoms with Crippen molar-refractivity contribution >= 4 is 38.0 Å². The highest BCUT2D eigenvalue weighted by molar-refractivity contribution is 7.10. The summed E-state index contributed by atoms with van der Waals surface area (Å²) in [6.45, 7) is 0. The number of rotatable bonds is 3. The maximum atomic E-state index is 5.77. The highest BCUT2D eigenvalue weighted by atomic mass is 31.0. The third kappa shape index (κ3) is 2.58. The fraction of sp³-hybridized carbons (Fsp3) is 0.0714. The van der Waals surface area contributed by atoms with Gasteiger partial charge >= 0.3 is 0 Å². The van der Waals surface area contributed by atoms with Crippen LogP contribution in [0.25, 0.3) is 11.0 Å². The second kappa shape index (κ2) is 5.50. The number of pyridine rings is 1. The molecule has 106 valence electrons. The lowest BCUT2D eigenvalue weighted by atomic mass is 10.2. The molecule has 2 aromatic heterocycles. The molecule has 1 unspecified atom stereocenters. The van der Waals surface area contributed by atoms with Crippen molar-refractivity contribution in [1.82, 2.24) is 15.0 Å². The van der Waals surface area contributed by atoms with Crippen molar-refractivity contribution in [3.8, 4) is 5.75 Å². The van der Waals surface area contributed by atoms with E-state index in [4.69, 9.17) is 10.3 Å². The highest BCUT2D eigenvalue weighted by Gasteiger charge is 2.12. The smallest absolute Gasteiger partial charge is 0.224 e. The fourth-order valence-corrected chi connectivity index (χ4v) is 2.25. The molecule has 2 N–H and O–H groups in total. The normalized spacial score (nSPS) is 10.6. The first-order valence-electron chi connectivity index (χ1n) is 6.28. The Bertz CT molecular complexity index is 778. The summed E-state index contributed by atoms with van der Waals surface area (Å²) in [7, 11) is 4.14. The van der Waals surface area contributed by atoms with Gasteiger partial charge in [0.25, 0.3) is 0 Å². The Kier molecular flexibility index (Phi) is 3.54. The standard InChI is InChI=1S/C14H14N5OP/c1-19(9-4-6-10(20-21)7-5-9)13-11-3-2-8-16-12(11)17-14(15)18-13/h2-8H,21H2,1H3,(H2,15,16,17,18). The summed E-state index contributed by atoms with van der Waals surface area (Å²) >= 11 is 0. The maximum absolute atomic E-state index is 5.77. The largest absolute Gasteiger partial charge is 0.480 e. The first-order valence-corrected chi connectivity index (χ1v) is 6.75. The molecule has 0 aliphatic heterocycles. The van der Waals surface area contributed by atoms with Gasteiger partial charge in [0.05, 0.1) is 14.9 Å². The molecule has 0 saturated heterocycles. The molecule has 6 nitrogen and oxygen atoms in total. The van der Waals surface area contributed by atoms with Crippen LogP contribution < -0.4 is 15.2 Å². The lowest BCUT2D eigenvalue weighted by molar-refractivity contribution is 0.646. The molecule has 0 bridgehead atoms. The minimum absolute atomic E-state index is 0.202. The third-order valence-electron chi connectivity index (χ3n) is 3.15. The van der Waals surface area contributed by atoms with E-state index in [0.29, 0.717) is 11.5 Å². The lowest BCUT2D eigenvalue weighted by Crippen LogP contribution is -2.13. The van der Waals surface area contributed by atoms with Crippen LogP contribution in [0.1, 0.15) is 0 Å². The zero-order valence-corrected chi connectivity index (χ0v) is 12.5. The Labute approximate surface area is 124 Å². The van der Waals surface area contributed by atoms with E-state index in [1.807, 2.05) is 48.3 Å². The van der Waals surface area contributed by atoms with Crippen LogP contribution in [-0.2, 0) is 0 Å². The van der Waals surface area contributed by atoms with Crippen molar-refractivity contribution in [2.45, 2.75) is 0 Å². The summed E-state index contributed by atoms with van der Waals surface area (Å²) < 4.78 is 5.09. The molecule has 0 saturated carbocycles. The second-order valence-electron chi connectivity index (χ2n) is 4.45. The maximum Gasteiger partial charge on any atom is 0.224 e. The Morgan fingerprint density at radius 1 is 1.14 bits per heavy atom. The molecule has 0 aliphatic rings. The monoisotopic (exact) mass is 299 g/mol. The van der Waals surface area contributed by atoms with Crippen LogP contribution in [0.2, 0.25) is 0 Å². The summed E-state index contributed by atoms with van der Waals surface area (Å²) in [5.41, 5.74) is 7.32. The van der Waals surface area contributed by atoms with Gasteiger partial charge in [-0.2, -0.15) is 9.97 Å². The summed E-state index contributed by atoms with van der Waals surface area (Å²) in [5, 5.41) is 0.848. The lowest BCUT2D eigenvalue weighted by Gasteiger charge is -2.20. The Morgan fingerprint density at radius 2 is 1.90 bits per heavy atom. The van der Waals surface area contributed by atoms with Crippen molar-refractivity contribution in [1.29, 1.82) is 0 Å². The molecule has 2 heterocycles. The van der Waals surface area contributed by atoms with E-state index in [1.165, 1.54) is 0 Å². The van der Waals surface area contributed by atoms with Crippen LogP contribution in [0.15, 0.2) is 42.6 Å². The Hall–Kier alpha value is -2.46. The van der Waals surface area contributed by atoms with Gasteiger partial charge in [0.1, 0.15) is 11.6 Å². The number of nitrogens with zero attached hydrogens (tertiary/aromatic N) is 4. The molecule has 0 fully saturated rings. The van der Waals surface area contributed by atoms with Gasteiger partial charge in [0.15, 0.2) is 5.65 Å². The van der Waals surface area contributed by atoms with Gasteiger partial charge in [-0.25, -0.2) is 4.98 Å². The average Bonchev–Trinajstić information content (AvgIpc) is 2.53. The van der Waals surface area contributed by atoms with Gasteiger partial charge in [-0.1, -0.05) is 0 Å². The van der Waals surface area contributed by atoms with Crippen molar-refractivity contribution in [2.24, 2.45) is 0 Å². The molecule has 1 aromatic carbocycles. The number of anilines is 3. The van der Waals surface area contributed by atoms with Gasteiger partial charge in [0.2, 0.25) is 5.95 Å². The summed E-state index contributed by atoms with van der Waals surface area (Å²) in [6.07, 6.45) is 1.68. The topological polar surface area (TPSA) is 77.2 Å². The minimum Gasteiger partial charge on any atom is -0.480 e. The zero-order chi connectivity index (χ0) is 14.8. The molecule has 0 aliphatic carbocycles. The van der Waals surface area contributed by atoms with Crippen LogP contribution in [-0.4, -0.2) is 22.0 Å². The molecule has 3 rings (SSSR count). The number of hydrogen-bond acceptors (Lipinski definition) is 6. The highest BCUT2D eigenvalue weighted by Crippen LogP contribution is 2.29. The average molecular weight is 299 g/mol. The van der Waals surface area contributed by atoms with Gasteiger partial charge in [-0.15, -0.1) is 0 Å². The number of fused-ring (bicyclic) bond motifs is 1. The summed E-state index contributed by atoms with van der Waals surface area (Å²) in [5.74, 6) is 1.68. The van der Waals surface area contributed by atoms with Crippen LogP contribution in [0, 0.1) is 0 Å². The molecular formula is C14H14N5OP. The van der Waals surface area contributed by atoms with E-state index < -0.39 is 0 Å². The van der Waals surface area contributed by atoms with Crippen LogP contribution >= 0.6 is 9.47 Å². The third-order valence-corrected chi connectivity index (χ3v) is 3.42. The van der Waals surface area contributed by atoms with Crippen molar-refractivity contribution in [2.75, 3.05) is 17.7 Å². The number of nitrogen functional groups attached to an aromatic ring is 1. The van der Waals surface area contributed by atoms with Gasteiger partial charge in [-0.3, -0.25) is 0 Å². The molecule has 1 atom stereocenters. The van der Waals surface area contributed by atoms with Gasteiger partial charge in [-0.05, 0) is 36.4 Å².